The number of imidazole rings is 1. The van der Waals surface area contributed by atoms with Gasteiger partial charge in [0.05, 0.1) is 0 Å². The van der Waals surface area contributed by atoms with Crippen LogP contribution in [0.25, 0.3) is 6.08 Å². The van der Waals surface area contributed by atoms with Crippen molar-refractivity contribution in [1.29, 1.82) is 5.26 Å². The van der Waals surface area contributed by atoms with E-state index >= 15 is 0 Å². The van der Waals surface area contributed by atoms with Crippen molar-refractivity contribution in [2.45, 2.75) is 11.7 Å². The number of carbonyl (C=O) groups is 1. The highest BCUT2D eigenvalue weighted by Crippen LogP contribution is 2.30. The van der Waals surface area contributed by atoms with E-state index < -0.39 is 5.91 Å². The number of hydrogen-bond donors (Lipinski definition) is 1. The second-order valence-corrected chi connectivity index (χ2v) is 5.64. The van der Waals surface area contributed by atoms with Gasteiger partial charge in [-0.2, -0.15) is 5.26 Å². The topological polar surface area (TPSA) is 70.7 Å². The Balaban J connectivity index is 1.74. The number of amides is 1. The van der Waals surface area contributed by atoms with Gasteiger partial charge >= 0.3 is 0 Å². The van der Waals surface area contributed by atoms with Crippen molar-refractivity contribution in [1.82, 2.24) is 9.55 Å². The Morgan fingerprint density at radius 2 is 2.41 bits per heavy atom. The quantitative estimate of drug-likeness (QED) is 0.884. The first-order valence-electron chi connectivity index (χ1n) is 6.55. The second-order valence-electron chi connectivity index (χ2n) is 4.58. The molecular weight excluding hydrogens is 303 g/mol. The fourth-order valence-corrected chi connectivity index (χ4v) is 3.07. The van der Waals surface area contributed by atoms with E-state index in [9.17, 15) is 14.4 Å². The molecule has 0 spiro atoms. The number of nitrogens with one attached hydrogen (secondary N) is 1. The number of halogens is 1. The summed E-state index contributed by atoms with van der Waals surface area (Å²) < 4.78 is 14.8. The fourth-order valence-electron chi connectivity index (χ4n) is 2.12. The number of thioether (sulfide) groups is 1. The molecule has 0 aliphatic carbocycles. The van der Waals surface area contributed by atoms with Crippen molar-refractivity contribution >= 4 is 29.6 Å². The number of aromatic nitrogens is 2. The van der Waals surface area contributed by atoms with E-state index in [1.54, 1.807) is 28.5 Å². The molecule has 0 saturated heterocycles. The Bertz CT molecular complexity index is 806. The van der Waals surface area contributed by atoms with Crippen molar-refractivity contribution in [2.75, 3.05) is 11.1 Å². The van der Waals surface area contributed by atoms with E-state index in [2.05, 4.69) is 16.4 Å². The van der Waals surface area contributed by atoms with Crippen molar-refractivity contribution in [2.24, 2.45) is 0 Å². The summed E-state index contributed by atoms with van der Waals surface area (Å²) in [7, 11) is 0. The summed E-state index contributed by atoms with van der Waals surface area (Å²) >= 11 is 1.55. The van der Waals surface area contributed by atoms with Gasteiger partial charge in [-0.25, -0.2) is 9.37 Å². The SMILES string of the molecule is N#Cc1c(NC(=O)/C=C\c2cccc(F)c2)nc2n1CCS2. The van der Waals surface area contributed by atoms with Crippen LogP contribution in [0.5, 0.6) is 0 Å². The Kier molecular flexibility index (Phi) is 3.94. The molecule has 0 fully saturated rings. The Morgan fingerprint density at radius 3 is 3.18 bits per heavy atom. The maximum atomic E-state index is 13.0. The predicted octanol–water partition coefficient (Wildman–Crippen LogP) is 2.65. The van der Waals surface area contributed by atoms with Gasteiger partial charge in [0, 0.05) is 18.4 Å². The molecule has 7 heteroatoms. The van der Waals surface area contributed by atoms with Crippen LogP contribution in [0.1, 0.15) is 11.3 Å². The number of anilines is 1. The number of rotatable bonds is 3. The van der Waals surface area contributed by atoms with E-state index in [4.69, 9.17) is 0 Å². The highest BCUT2D eigenvalue weighted by atomic mass is 32.2. The molecule has 0 atom stereocenters. The van der Waals surface area contributed by atoms with E-state index in [0.717, 1.165) is 10.9 Å². The highest BCUT2D eigenvalue weighted by Gasteiger charge is 2.22. The lowest BCUT2D eigenvalue weighted by molar-refractivity contribution is -0.111. The minimum atomic E-state index is -0.414. The zero-order valence-electron chi connectivity index (χ0n) is 11.4. The molecule has 2 aromatic rings. The minimum Gasteiger partial charge on any atom is -0.308 e. The molecule has 0 saturated carbocycles. The van der Waals surface area contributed by atoms with Gasteiger partial charge in [0.2, 0.25) is 5.91 Å². The van der Waals surface area contributed by atoms with E-state index in [-0.39, 0.29) is 11.6 Å². The van der Waals surface area contributed by atoms with Crippen LogP contribution >= 0.6 is 11.8 Å². The molecular formula is C15H11FN4OS. The van der Waals surface area contributed by atoms with Crippen molar-refractivity contribution in [3.63, 3.8) is 0 Å². The maximum absolute atomic E-state index is 13.0. The predicted molar refractivity (Wildman–Crippen MR) is 81.7 cm³/mol. The molecule has 1 amide bonds. The molecule has 0 radical (unpaired) electrons. The van der Waals surface area contributed by atoms with Crippen LogP contribution in [0.3, 0.4) is 0 Å². The van der Waals surface area contributed by atoms with E-state index in [1.165, 1.54) is 24.3 Å². The third-order valence-electron chi connectivity index (χ3n) is 3.10. The average molecular weight is 314 g/mol. The monoisotopic (exact) mass is 314 g/mol. The largest absolute Gasteiger partial charge is 0.308 e. The first-order valence-corrected chi connectivity index (χ1v) is 7.54. The Morgan fingerprint density at radius 1 is 1.55 bits per heavy atom. The van der Waals surface area contributed by atoms with Crippen LogP contribution < -0.4 is 5.32 Å². The van der Waals surface area contributed by atoms with Crippen molar-refractivity contribution in [3.8, 4) is 6.07 Å². The van der Waals surface area contributed by atoms with Gasteiger partial charge in [0.1, 0.15) is 11.9 Å². The van der Waals surface area contributed by atoms with Crippen LogP contribution in [0, 0.1) is 17.1 Å². The molecule has 0 bridgehead atoms. The maximum Gasteiger partial charge on any atom is 0.249 e. The molecule has 1 aliphatic rings. The molecule has 110 valence electrons. The van der Waals surface area contributed by atoms with Gasteiger partial charge < -0.3 is 9.88 Å². The smallest absolute Gasteiger partial charge is 0.249 e. The number of nitriles is 1. The Labute approximate surface area is 130 Å². The summed E-state index contributed by atoms with van der Waals surface area (Å²) in [6, 6.07) is 7.98. The first kappa shape index (κ1) is 14.4. The van der Waals surface area contributed by atoms with Gasteiger partial charge in [0.15, 0.2) is 16.7 Å². The second kappa shape index (κ2) is 6.03. The average Bonchev–Trinajstić information content (AvgIpc) is 3.05. The van der Waals surface area contributed by atoms with Gasteiger partial charge in [-0.05, 0) is 23.8 Å². The van der Waals surface area contributed by atoms with Crippen molar-refractivity contribution < 1.29 is 9.18 Å². The van der Waals surface area contributed by atoms with Gasteiger partial charge in [0.25, 0.3) is 0 Å². The fraction of sp³-hybridized carbons (Fsp3) is 0.133. The zero-order chi connectivity index (χ0) is 15.5. The number of fused-ring (bicyclic) bond motifs is 1. The van der Waals surface area contributed by atoms with E-state index in [1.807, 2.05) is 0 Å². The van der Waals surface area contributed by atoms with Gasteiger partial charge in [-0.15, -0.1) is 0 Å². The van der Waals surface area contributed by atoms with Gasteiger partial charge in [-0.1, -0.05) is 23.9 Å². The lowest BCUT2D eigenvalue weighted by Gasteiger charge is -2.00. The third kappa shape index (κ3) is 2.87. The number of hydrogen-bond acceptors (Lipinski definition) is 4. The van der Waals surface area contributed by atoms with Crippen molar-refractivity contribution in [3.05, 3.63) is 47.4 Å². The molecule has 1 aromatic heterocycles. The number of carbonyl (C=O) groups excluding carboxylic acids is 1. The molecule has 0 unspecified atom stereocenters. The van der Waals surface area contributed by atoms with Gasteiger partial charge in [-0.3, -0.25) is 4.79 Å². The molecule has 3 rings (SSSR count). The molecule has 1 N–H and O–H groups in total. The lowest BCUT2D eigenvalue weighted by atomic mass is 10.2. The summed E-state index contributed by atoms with van der Waals surface area (Å²) in [5.41, 5.74) is 0.936. The normalized spacial score (nSPS) is 13.1. The molecule has 5 nitrogen and oxygen atoms in total. The van der Waals surface area contributed by atoms with E-state index in [0.29, 0.717) is 17.8 Å². The molecule has 1 aromatic carbocycles. The standard InChI is InChI=1S/C15H11FN4OS/c16-11-3-1-2-10(8-11)4-5-13(21)18-14-12(9-17)20-6-7-22-15(20)19-14/h1-5,8H,6-7H2,(H,18,21)/b5-4-. The molecule has 2 heterocycles. The first-order chi connectivity index (χ1) is 10.7. The Hall–Kier alpha value is -2.59. The molecule has 1 aliphatic heterocycles. The number of nitrogens with zero attached hydrogens (tertiary/aromatic N) is 3. The summed E-state index contributed by atoms with van der Waals surface area (Å²) in [4.78, 5) is 16.2. The van der Waals surface area contributed by atoms with Crippen LogP contribution in [-0.4, -0.2) is 21.2 Å². The van der Waals surface area contributed by atoms with Crippen LogP contribution in [0.4, 0.5) is 10.2 Å². The lowest BCUT2D eigenvalue weighted by Crippen LogP contribution is -2.10. The van der Waals surface area contributed by atoms with Crippen LogP contribution in [0.2, 0.25) is 0 Å². The number of benzene rings is 1. The summed E-state index contributed by atoms with van der Waals surface area (Å²) in [5, 5.41) is 12.5. The summed E-state index contributed by atoms with van der Waals surface area (Å²) in [6.45, 7) is 0.713. The summed E-state index contributed by atoms with van der Waals surface area (Å²) in [5.74, 6) is 0.364. The highest BCUT2D eigenvalue weighted by molar-refractivity contribution is 7.99. The third-order valence-corrected chi connectivity index (χ3v) is 4.06. The molecule has 22 heavy (non-hydrogen) atoms. The zero-order valence-corrected chi connectivity index (χ0v) is 12.2. The minimum absolute atomic E-state index is 0.263. The summed E-state index contributed by atoms with van der Waals surface area (Å²) in [6.07, 6.45) is 2.79. The van der Waals surface area contributed by atoms with Crippen LogP contribution in [0.15, 0.2) is 35.5 Å². The van der Waals surface area contributed by atoms with Crippen LogP contribution in [-0.2, 0) is 11.3 Å².